The van der Waals surface area contributed by atoms with E-state index in [1.54, 1.807) is 0 Å². The van der Waals surface area contributed by atoms with E-state index in [9.17, 15) is 4.79 Å². The van der Waals surface area contributed by atoms with Crippen LogP contribution in [0.5, 0.6) is 0 Å². The highest BCUT2D eigenvalue weighted by molar-refractivity contribution is 5.95. The summed E-state index contributed by atoms with van der Waals surface area (Å²) in [7, 11) is 0. The molecule has 0 fully saturated rings. The van der Waals surface area contributed by atoms with Crippen molar-refractivity contribution in [2.75, 3.05) is 17.2 Å². The summed E-state index contributed by atoms with van der Waals surface area (Å²) in [6.07, 6.45) is 3.68. The SMILES string of the molecule is Cl.Nc1ccc(CC(=O)N2CCCCc3ccccc32)cc1. The van der Waals surface area contributed by atoms with E-state index in [4.69, 9.17) is 5.73 Å². The van der Waals surface area contributed by atoms with Gasteiger partial charge in [-0.1, -0.05) is 30.3 Å². The molecule has 0 radical (unpaired) electrons. The van der Waals surface area contributed by atoms with Gasteiger partial charge in [0.05, 0.1) is 6.42 Å². The molecule has 2 aromatic rings. The van der Waals surface area contributed by atoms with Crippen LogP contribution in [0.1, 0.15) is 24.0 Å². The first-order valence-corrected chi connectivity index (χ1v) is 7.47. The summed E-state index contributed by atoms with van der Waals surface area (Å²) < 4.78 is 0. The molecule has 0 spiro atoms. The maximum atomic E-state index is 12.7. The standard InChI is InChI=1S/C18H20N2O.ClH/c19-16-10-8-14(9-11-16)13-18(21)20-12-4-3-6-15-5-1-2-7-17(15)20;/h1-2,5,7-11H,3-4,6,12-13,19H2;1H. The van der Waals surface area contributed by atoms with E-state index >= 15 is 0 Å². The molecule has 4 heteroatoms. The number of carbonyl (C=O) groups is 1. The van der Waals surface area contributed by atoms with Gasteiger partial charge in [-0.2, -0.15) is 0 Å². The highest BCUT2D eigenvalue weighted by atomic mass is 35.5. The number of nitrogens with zero attached hydrogens (tertiary/aromatic N) is 1. The zero-order chi connectivity index (χ0) is 14.7. The molecule has 0 aromatic heterocycles. The lowest BCUT2D eigenvalue weighted by atomic mass is 10.1. The number of hydrogen-bond acceptors (Lipinski definition) is 2. The molecule has 0 unspecified atom stereocenters. The second kappa shape index (κ2) is 7.32. The lowest BCUT2D eigenvalue weighted by Gasteiger charge is -2.23. The zero-order valence-electron chi connectivity index (χ0n) is 12.5. The molecule has 0 atom stereocenters. The minimum Gasteiger partial charge on any atom is -0.399 e. The van der Waals surface area contributed by atoms with E-state index in [1.165, 1.54) is 5.56 Å². The number of rotatable bonds is 2. The number of anilines is 2. The van der Waals surface area contributed by atoms with Crippen LogP contribution in [0.2, 0.25) is 0 Å². The number of benzene rings is 2. The molecule has 116 valence electrons. The lowest BCUT2D eigenvalue weighted by Crippen LogP contribution is -2.33. The molecule has 0 bridgehead atoms. The van der Waals surface area contributed by atoms with Crippen molar-refractivity contribution in [3.8, 4) is 0 Å². The fraction of sp³-hybridized carbons (Fsp3) is 0.278. The van der Waals surface area contributed by atoms with Crippen LogP contribution in [-0.4, -0.2) is 12.5 Å². The number of aryl methyl sites for hydroxylation is 1. The molecule has 1 aliphatic rings. The normalized spacial score (nSPS) is 13.7. The Hall–Kier alpha value is -2.00. The molecule has 0 saturated carbocycles. The smallest absolute Gasteiger partial charge is 0.231 e. The lowest BCUT2D eigenvalue weighted by molar-refractivity contribution is -0.118. The average Bonchev–Trinajstić information content (AvgIpc) is 2.72. The van der Waals surface area contributed by atoms with E-state index < -0.39 is 0 Å². The van der Waals surface area contributed by atoms with Crippen molar-refractivity contribution in [2.45, 2.75) is 25.7 Å². The van der Waals surface area contributed by atoms with Gasteiger partial charge in [0.15, 0.2) is 0 Å². The largest absolute Gasteiger partial charge is 0.399 e. The van der Waals surface area contributed by atoms with Gasteiger partial charge in [0, 0.05) is 17.9 Å². The Morgan fingerprint density at radius 3 is 2.55 bits per heavy atom. The summed E-state index contributed by atoms with van der Waals surface area (Å²) in [5, 5.41) is 0. The third-order valence-corrected chi connectivity index (χ3v) is 4.00. The van der Waals surface area contributed by atoms with Crippen molar-refractivity contribution < 1.29 is 4.79 Å². The second-order valence-electron chi connectivity index (χ2n) is 5.55. The Morgan fingerprint density at radius 1 is 1.05 bits per heavy atom. The number of carbonyl (C=O) groups excluding carboxylic acids is 1. The van der Waals surface area contributed by atoms with Gasteiger partial charge in [-0.25, -0.2) is 0 Å². The van der Waals surface area contributed by atoms with Crippen molar-refractivity contribution in [1.29, 1.82) is 0 Å². The number of amides is 1. The number of nitrogens with two attached hydrogens (primary N) is 1. The van der Waals surface area contributed by atoms with Gasteiger partial charge in [0.1, 0.15) is 0 Å². The van der Waals surface area contributed by atoms with Crippen LogP contribution < -0.4 is 10.6 Å². The van der Waals surface area contributed by atoms with Gasteiger partial charge in [0.25, 0.3) is 0 Å². The van der Waals surface area contributed by atoms with Gasteiger partial charge >= 0.3 is 0 Å². The highest BCUT2D eigenvalue weighted by Gasteiger charge is 2.20. The molecular formula is C18H21ClN2O. The molecule has 1 heterocycles. The monoisotopic (exact) mass is 316 g/mol. The molecule has 0 aliphatic carbocycles. The Balaban J connectivity index is 0.00000176. The van der Waals surface area contributed by atoms with Crippen LogP contribution in [0.4, 0.5) is 11.4 Å². The molecule has 1 aliphatic heterocycles. The number of halogens is 1. The van der Waals surface area contributed by atoms with Gasteiger partial charge in [-0.15, -0.1) is 12.4 Å². The summed E-state index contributed by atoms with van der Waals surface area (Å²) in [4.78, 5) is 14.6. The molecule has 2 N–H and O–H groups in total. The van der Waals surface area contributed by atoms with Crippen LogP contribution in [-0.2, 0) is 17.6 Å². The molecular weight excluding hydrogens is 296 g/mol. The summed E-state index contributed by atoms with van der Waals surface area (Å²) in [5.74, 6) is 0.161. The molecule has 0 saturated heterocycles. The third-order valence-electron chi connectivity index (χ3n) is 4.00. The maximum Gasteiger partial charge on any atom is 0.231 e. The minimum absolute atomic E-state index is 0. The van der Waals surface area contributed by atoms with Crippen LogP contribution in [0.25, 0.3) is 0 Å². The van der Waals surface area contributed by atoms with Crippen molar-refractivity contribution >= 4 is 29.7 Å². The van der Waals surface area contributed by atoms with Crippen LogP contribution in [0.3, 0.4) is 0 Å². The quantitative estimate of drug-likeness (QED) is 0.860. The maximum absolute atomic E-state index is 12.7. The van der Waals surface area contributed by atoms with Gasteiger partial charge in [0.2, 0.25) is 5.91 Å². The number of para-hydroxylation sites is 1. The van der Waals surface area contributed by atoms with E-state index in [1.807, 2.05) is 41.3 Å². The van der Waals surface area contributed by atoms with Crippen molar-refractivity contribution in [3.63, 3.8) is 0 Å². The van der Waals surface area contributed by atoms with Crippen LogP contribution in [0, 0.1) is 0 Å². The molecule has 2 aromatic carbocycles. The van der Waals surface area contributed by atoms with Crippen molar-refractivity contribution in [3.05, 3.63) is 59.7 Å². The Bertz CT molecular complexity index is 640. The first kappa shape index (κ1) is 16.4. The summed E-state index contributed by atoms with van der Waals surface area (Å²) in [5.41, 5.74) is 9.78. The molecule has 3 nitrogen and oxygen atoms in total. The van der Waals surface area contributed by atoms with Crippen LogP contribution in [0.15, 0.2) is 48.5 Å². The minimum atomic E-state index is 0. The molecule has 3 rings (SSSR count). The Kier molecular flexibility index (Phi) is 5.45. The fourth-order valence-corrected chi connectivity index (χ4v) is 2.86. The Labute approximate surface area is 137 Å². The number of nitrogen functional groups attached to an aromatic ring is 1. The summed E-state index contributed by atoms with van der Waals surface area (Å²) >= 11 is 0. The van der Waals surface area contributed by atoms with E-state index in [2.05, 4.69) is 12.1 Å². The zero-order valence-corrected chi connectivity index (χ0v) is 13.3. The molecule has 22 heavy (non-hydrogen) atoms. The third kappa shape index (κ3) is 3.60. The first-order chi connectivity index (χ1) is 10.2. The summed E-state index contributed by atoms with van der Waals surface area (Å²) in [6.45, 7) is 0.810. The van der Waals surface area contributed by atoms with Gasteiger partial charge in [-0.3, -0.25) is 4.79 Å². The molecule has 1 amide bonds. The van der Waals surface area contributed by atoms with E-state index in [0.29, 0.717) is 6.42 Å². The predicted molar refractivity (Wildman–Crippen MR) is 93.5 cm³/mol. The van der Waals surface area contributed by atoms with Crippen LogP contribution >= 0.6 is 12.4 Å². The second-order valence-corrected chi connectivity index (χ2v) is 5.55. The van der Waals surface area contributed by atoms with Crippen molar-refractivity contribution in [1.82, 2.24) is 0 Å². The Morgan fingerprint density at radius 2 is 1.77 bits per heavy atom. The predicted octanol–water partition coefficient (Wildman–Crippen LogP) is 3.60. The van der Waals surface area contributed by atoms with Crippen molar-refractivity contribution in [2.24, 2.45) is 0 Å². The number of hydrogen-bond donors (Lipinski definition) is 1. The first-order valence-electron chi connectivity index (χ1n) is 7.47. The van der Waals surface area contributed by atoms with E-state index in [-0.39, 0.29) is 18.3 Å². The highest BCUT2D eigenvalue weighted by Crippen LogP contribution is 2.26. The van der Waals surface area contributed by atoms with Gasteiger partial charge in [-0.05, 0) is 48.6 Å². The fourth-order valence-electron chi connectivity index (χ4n) is 2.86. The van der Waals surface area contributed by atoms with Gasteiger partial charge < -0.3 is 10.6 Å². The number of fused-ring (bicyclic) bond motifs is 1. The summed E-state index contributed by atoms with van der Waals surface area (Å²) in [6, 6.07) is 15.8. The van der Waals surface area contributed by atoms with E-state index in [0.717, 1.165) is 42.7 Å². The topological polar surface area (TPSA) is 46.3 Å². The average molecular weight is 317 g/mol.